The SMILES string of the molecule is CC(C)C(C)(CC(=O)O)NC(=O)c1ccc(C(F)(F)F)cc1. The third kappa shape index (κ3) is 4.47. The first-order valence-electron chi connectivity index (χ1n) is 6.67. The predicted octanol–water partition coefficient (Wildman–Crippen LogP) is 3.32. The number of nitrogens with one attached hydrogen (secondary N) is 1. The lowest BCUT2D eigenvalue weighted by Crippen LogP contribution is -2.51. The average molecular weight is 317 g/mol. The first-order chi connectivity index (χ1) is 9.95. The van der Waals surface area contributed by atoms with Gasteiger partial charge >= 0.3 is 12.1 Å². The molecule has 0 aliphatic carbocycles. The number of hydrogen-bond donors (Lipinski definition) is 2. The van der Waals surface area contributed by atoms with Crippen LogP contribution >= 0.6 is 0 Å². The zero-order valence-corrected chi connectivity index (χ0v) is 12.5. The van der Waals surface area contributed by atoms with E-state index in [4.69, 9.17) is 5.11 Å². The Balaban J connectivity index is 2.93. The lowest BCUT2D eigenvalue weighted by Gasteiger charge is -2.33. The molecule has 7 heteroatoms. The molecule has 0 aliphatic heterocycles. The molecule has 122 valence electrons. The van der Waals surface area contributed by atoms with E-state index in [1.165, 1.54) is 0 Å². The Morgan fingerprint density at radius 1 is 1.18 bits per heavy atom. The van der Waals surface area contributed by atoms with Crippen molar-refractivity contribution in [3.63, 3.8) is 0 Å². The van der Waals surface area contributed by atoms with Gasteiger partial charge < -0.3 is 10.4 Å². The fraction of sp³-hybridized carbons (Fsp3) is 0.467. The standard InChI is InChI=1S/C15H18F3NO3/c1-9(2)14(3,8-12(20)21)19-13(22)10-4-6-11(7-5-10)15(16,17)18/h4-7,9H,8H2,1-3H3,(H,19,22)(H,20,21). The van der Waals surface area contributed by atoms with Crippen LogP contribution in [0, 0.1) is 5.92 Å². The number of carboxylic acid groups (broad SMARTS) is 1. The molecule has 1 atom stereocenters. The van der Waals surface area contributed by atoms with Crippen LogP contribution in [0.1, 0.15) is 43.1 Å². The molecule has 1 aromatic rings. The molecule has 4 nitrogen and oxygen atoms in total. The van der Waals surface area contributed by atoms with Crippen LogP contribution in [0.2, 0.25) is 0 Å². The van der Waals surface area contributed by atoms with Gasteiger partial charge in [0, 0.05) is 5.56 Å². The summed E-state index contributed by atoms with van der Waals surface area (Å²) in [5.41, 5.74) is -1.79. The van der Waals surface area contributed by atoms with Crippen LogP contribution in [-0.2, 0) is 11.0 Å². The second-order valence-corrected chi connectivity index (χ2v) is 5.67. The monoisotopic (exact) mass is 317 g/mol. The van der Waals surface area contributed by atoms with Gasteiger partial charge in [0.05, 0.1) is 17.5 Å². The van der Waals surface area contributed by atoms with Gasteiger partial charge in [-0.2, -0.15) is 13.2 Å². The molecule has 0 fully saturated rings. The van der Waals surface area contributed by atoms with Crippen LogP contribution in [0.3, 0.4) is 0 Å². The van der Waals surface area contributed by atoms with Crippen LogP contribution in [-0.4, -0.2) is 22.5 Å². The maximum atomic E-state index is 12.5. The van der Waals surface area contributed by atoms with Gasteiger partial charge in [-0.25, -0.2) is 0 Å². The van der Waals surface area contributed by atoms with Gasteiger partial charge in [-0.3, -0.25) is 9.59 Å². The van der Waals surface area contributed by atoms with Crippen molar-refractivity contribution < 1.29 is 27.9 Å². The fourth-order valence-corrected chi connectivity index (χ4v) is 1.85. The van der Waals surface area contributed by atoms with Gasteiger partial charge in [-0.15, -0.1) is 0 Å². The zero-order chi connectivity index (χ0) is 17.1. The second kappa shape index (κ2) is 6.37. The Hall–Kier alpha value is -2.05. The summed E-state index contributed by atoms with van der Waals surface area (Å²) in [6.07, 6.45) is -4.75. The minimum Gasteiger partial charge on any atom is -0.481 e. The molecule has 22 heavy (non-hydrogen) atoms. The first-order valence-corrected chi connectivity index (χ1v) is 6.67. The molecular formula is C15H18F3NO3. The third-order valence-corrected chi connectivity index (χ3v) is 3.67. The van der Waals surface area contributed by atoms with Crippen molar-refractivity contribution in [2.24, 2.45) is 5.92 Å². The van der Waals surface area contributed by atoms with Crippen molar-refractivity contribution in [3.8, 4) is 0 Å². The molecule has 0 spiro atoms. The Kier molecular flexibility index (Phi) is 5.22. The number of aliphatic carboxylic acids is 1. The summed E-state index contributed by atoms with van der Waals surface area (Å²) in [4.78, 5) is 23.0. The summed E-state index contributed by atoms with van der Waals surface area (Å²) in [6, 6.07) is 3.77. The highest BCUT2D eigenvalue weighted by Crippen LogP contribution is 2.29. The Morgan fingerprint density at radius 2 is 1.68 bits per heavy atom. The van der Waals surface area contributed by atoms with Gasteiger partial charge in [-0.1, -0.05) is 13.8 Å². The number of halogens is 3. The summed E-state index contributed by atoms with van der Waals surface area (Å²) in [5, 5.41) is 11.5. The Bertz CT molecular complexity index is 552. The number of rotatable bonds is 5. The van der Waals surface area contributed by atoms with Crippen molar-refractivity contribution >= 4 is 11.9 Å². The molecule has 1 aromatic carbocycles. The highest BCUT2D eigenvalue weighted by atomic mass is 19.4. The topological polar surface area (TPSA) is 66.4 Å². The van der Waals surface area contributed by atoms with Crippen LogP contribution in [0.25, 0.3) is 0 Å². The third-order valence-electron chi connectivity index (χ3n) is 3.67. The molecule has 1 unspecified atom stereocenters. The lowest BCUT2D eigenvalue weighted by atomic mass is 9.85. The molecule has 0 saturated carbocycles. The highest BCUT2D eigenvalue weighted by molar-refractivity contribution is 5.95. The van der Waals surface area contributed by atoms with E-state index < -0.39 is 29.2 Å². The molecule has 2 N–H and O–H groups in total. The molecule has 0 aliphatic rings. The highest BCUT2D eigenvalue weighted by Gasteiger charge is 2.34. The van der Waals surface area contributed by atoms with Gasteiger partial charge in [0.15, 0.2) is 0 Å². The van der Waals surface area contributed by atoms with Crippen molar-refractivity contribution in [3.05, 3.63) is 35.4 Å². The van der Waals surface area contributed by atoms with Crippen molar-refractivity contribution in [2.45, 2.75) is 38.9 Å². The van der Waals surface area contributed by atoms with Crippen LogP contribution in [0.15, 0.2) is 24.3 Å². The summed E-state index contributed by atoms with van der Waals surface area (Å²) in [6.45, 7) is 5.11. The van der Waals surface area contributed by atoms with Gasteiger partial charge in [0.25, 0.3) is 5.91 Å². The van der Waals surface area contributed by atoms with E-state index in [9.17, 15) is 22.8 Å². The van der Waals surface area contributed by atoms with Crippen LogP contribution in [0.5, 0.6) is 0 Å². The quantitative estimate of drug-likeness (QED) is 0.875. The number of hydrogen-bond acceptors (Lipinski definition) is 2. The molecule has 1 amide bonds. The summed E-state index contributed by atoms with van der Waals surface area (Å²) in [5.74, 6) is -1.84. The largest absolute Gasteiger partial charge is 0.481 e. The van der Waals surface area contributed by atoms with Crippen molar-refractivity contribution in [1.82, 2.24) is 5.32 Å². The normalized spacial score (nSPS) is 14.5. The summed E-state index contributed by atoms with van der Waals surface area (Å²) in [7, 11) is 0. The zero-order valence-electron chi connectivity index (χ0n) is 12.5. The number of benzene rings is 1. The summed E-state index contributed by atoms with van der Waals surface area (Å²) >= 11 is 0. The van der Waals surface area contributed by atoms with Crippen molar-refractivity contribution in [1.29, 1.82) is 0 Å². The van der Waals surface area contributed by atoms with E-state index in [-0.39, 0.29) is 17.9 Å². The average Bonchev–Trinajstić information content (AvgIpc) is 2.36. The number of alkyl halides is 3. The van der Waals surface area contributed by atoms with E-state index in [0.717, 1.165) is 24.3 Å². The van der Waals surface area contributed by atoms with E-state index in [1.807, 2.05) is 0 Å². The number of carbonyl (C=O) groups excluding carboxylic acids is 1. The molecule has 1 rings (SSSR count). The summed E-state index contributed by atoms with van der Waals surface area (Å²) < 4.78 is 37.4. The minimum atomic E-state index is -4.47. The van der Waals surface area contributed by atoms with E-state index >= 15 is 0 Å². The van der Waals surface area contributed by atoms with E-state index in [1.54, 1.807) is 20.8 Å². The second-order valence-electron chi connectivity index (χ2n) is 5.67. The molecule has 0 radical (unpaired) electrons. The number of carboxylic acids is 1. The lowest BCUT2D eigenvalue weighted by molar-refractivity contribution is -0.139. The first kappa shape index (κ1) is 18.0. The van der Waals surface area contributed by atoms with E-state index in [2.05, 4.69) is 5.32 Å². The maximum absolute atomic E-state index is 12.5. The van der Waals surface area contributed by atoms with Crippen molar-refractivity contribution in [2.75, 3.05) is 0 Å². The van der Waals surface area contributed by atoms with E-state index in [0.29, 0.717) is 0 Å². The van der Waals surface area contributed by atoms with Gasteiger partial charge in [0.1, 0.15) is 0 Å². The maximum Gasteiger partial charge on any atom is 0.416 e. The Morgan fingerprint density at radius 3 is 2.05 bits per heavy atom. The smallest absolute Gasteiger partial charge is 0.416 e. The van der Waals surface area contributed by atoms with Crippen LogP contribution < -0.4 is 5.32 Å². The predicted molar refractivity (Wildman–Crippen MR) is 74.4 cm³/mol. The molecule has 0 aromatic heterocycles. The van der Waals surface area contributed by atoms with Crippen LogP contribution in [0.4, 0.5) is 13.2 Å². The Labute approximate surface area is 126 Å². The number of amides is 1. The fourth-order valence-electron chi connectivity index (χ4n) is 1.85. The molecule has 0 heterocycles. The van der Waals surface area contributed by atoms with Gasteiger partial charge in [0.2, 0.25) is 0 Å². The van der Waals surface area contributed by atoms with Gasteiger partial charge in [-0.05, 0) is 37.1 Å². The molecule has 0 saturated heterocycles. The number of carbonyl (C=O) groups is 2. The molecule has 0 bridgehead atoms. The minimum absolute atomic E-state index is 0.0465. The molecular weight excluding hydrogens is 299 g/mol.